The molecule has 1 aromatic carbocycles. The summed E-state index contributed by atoms with van der Waals surface area (Å²) in [4.78, 5) is 12.2. The van der Waals surface area contributed by atoms with Gasteiger partial charge in [-0.3, -0.25) is 9.52 Å². The minimum Gasteiger partial charge on any atom is -0.366 e. The van der Waals surface area contributed by atoms with Crippen LogP contribution in [0.15, 0.2) is 34.5 Å². The first-order valence-electron chi connectivity index (χ1n) is 5.80. The largest absolute Gasteiger partial charge is 0.366 e. The number of hydrogen-bond donors (Lipinski definition) is 2. The number of anilines is 1. The van der Waals surface area contributed by atoms with Gasteiger partial charge in [-0.05, 0) is 43.7 Å². The Balaban J connectivity index is 2.40. The molecule has 2 rings (SSSR count). The van der Waals surface area contributed by atoms with E-state index in [4.69, 9.17) is 5.73 Å². The molecule has 1 heterocycles. The third kappa shape index (κ3) is 2.83. The third-order valence-corrected chi connectivity index (χ3v) is 5.68. The Bertz CT molecular complexity index is 764. The minimum atomic E-state index is -3.64. The highest BCUT2D eigenvalue weighted by Crippen LogP contribution is 2.26. The van der Waals surface area contributed by atoms with Crippen LogP contribution in [0.25, 0.3) is 0 Å². The molecule has 0 aliphatic carbocycles. The van der Waals surface area contributed by atoms with Crippen molar-refractivity contribution in [2.75, 3.05) is 4.72 Å². The topological polar surface area (TPSA) is 89.3 Å². The Labute approximate surface area is 121 Å². The molecule has 1 aromatic heterocycles. The van der Waals surface area contributed by atoms with Crippen LogP contribution in [0.1, 0.15) is 20.8 Å². The van der Waals surface area contributed by atoms with Crippen LogP contribution in [0.5, 0.6) is 0 Å². The zero-order valence-electron chi connectivity index (χ0n) is 11.0. The van der Waals surface area contributed by atoms with Crippen LogP contribution in [-0.2, 0) is 10.0 Å². The van der Waals surface area contributed by atoms with Gasteiger partial charge in [0, 0.05) is 10.4 Å². The normalized spacial score (nSPS) is 11.3. The highest BCUT2D eigenvalue weighted by molar-refractivity contribution is 7.94. The van der Waals surface area contributed by atoms with E-state index in [2.05, 4.69) is 4.72 Å². The second kappa shape index (κ2) is 5.26. The summed E-state index contributed by atoms with van der Waals surface area (Å²) in [7, 11) is -3.64. The zero-order valence-corrected chi connectivity index (χ0v) is 12.6. The molecule has 7 heteroatoms. The monoisotopic (exact) mass is 310 g/mol. The summed E-state index contributed by atoms with van der Waals surface area (Å²) < 4.78 is 27.2. The van der Waals surface area contributed by atoms with E-state index >= 15 is 0 Å². The molecule has 0 atom stereocenters. The average Bonchev–Trinajstić information content (AvgIpc) is 2.79. The number of aryl methyl sites for hydroxylation is 1. The fourth-order valence-corrected chi connectivity index (χ4v) is 4.17. The van der Waals surface area contributed by atoms with Crippen molar-refractivity contribution in [3.8, 4) is 0 Å². The first-order valence-corrected chi connectivity index (χ1v) is 8.10. The lowest BCUT2D eigenvalue weighted by molar-refractivity contribution is 0.0999. The van der Waals surface area contributed by atoms with Crippen LogP contribution in [0, 0.1) is 13.8 Å². The van der Waals surface area contributed by atoms with E-state index in [-0.39, 0.29) is 4.21 Å². The lowest BCUT2D eigenvalue weighted by atomic mass is 10.1. The summed E-state index contributed by atoms with van der Waals surface area (Å²) in [6, 6.07) is 8.04. The van der Waals surface area contributed by atoms with Crippen molar-refractivity contribution >= 4 is 33.0 Å². The molecular formula is C13H14N2O3S2. The third-order valence-electron chi connectivity index (χ3n) is 2.82. The predicted octanol–water partition coefficient (Wildman–Crippen LogP) is 2.26. The number of hydrogen-bond acceptors (Lipinski definition) is 4. The molecule has 5 nitrogen and oxygen atoms in total. The number of carbonyl (C=O) groups is 1. The van der Waals surface area contributed by atoms with Crippen LogP contribution >= 0.6 is 11.3 Å². The van der Waals surface area contributed by atoms with Gasteiger partial charge >= 0.3 is 0 Å². The summed E-state index contributed by atoms with van der Waals surface area (Å²) in [5.41, 5.74) is 6.41. The SMILES string of the molecule is Cc1ccc(S(=O)(=O)Nc2cccc(C(N)=O)c2C)s1. The molecule has 0 saturated heterocycles. The summed E-state index contributed by atoms with van der Waals surface area (Å²) in [5, 5.41) is 0. The molecule has 20 heavy (non-hydrogen) atoms. The van der Waals surface area contributed by atoms with Gasteiger partial charge in [0.05, 0.1) is 5.69 Å². The number of amides is 1. The highest BCUT2D eigenvalue weighted by atomic mass is 32.2. The van der Waals surface area contributed by atoms with E-state index in [1.807, 2.05) is 6.92 Å². The fraction of sp³-hybridized carbons (Fsp3) is 0.154. The van der Waals surface area contributed by atoms with E-state index < -0.39 is 15.9 Å². The maximum atomic E-state index is 12.2. The molecule has 0 spiro atoms. The summed E-state index contributed by atoms with van der Waals surface area (Å²) >= 11 is 1.19. The Morgan fingerprint density at radius 3 is 2.45 bits per heavy atom. The Kier molecular flexibility index (Phi) is 3.82. The number of nitrogens with two attached hydrogens (primary N) is 1. The molecule has 0 saturated carbocycles. The number of rotatable bonds is 4. The van der Waals surface area contributed by atoms with Crippen molar-refractivity contribution in [3.05, 3.63) is 46.3 Å². The van der Waals surface area contributed by atoms with Gasteiger partial charge in [0.25, 0.3) is 10.0 Å². The van der Waals surface area contributed by atoms with E-state index in [1.54, 1.807) is 37.3 Å². The second-order valence-electron chi connectivity index (χ2n) is 4.31. The van der Waals surface area contributed by atoms with Crippen molar-refractivity contribution in [1.82, 2.24) is 0 Å². The summed E-state index contributed by atoms with van der Waals surface area (Å²) in [5.74, 6) is -0.587. The van der Waals surface area contributed by atoms with Crippen molar-refractivity contribution in [2.24, 2.45) is 5.73 Å². The van der Waals surface area contributed by atoms with Gasteiger partial charge in [0.15, 0.2) is 0 Å². The number of carbonyl (C=O) groups excluding carboxylic acids is 1. The van der Waals surface area contributed by atoms with Crippen LogP contribution in [-0.4, -0.2) is 14.3 Å². The maximum absolute atomic E-state index is 12.2. The molecule has 0 fully saturated rings. The second-order valence-corrected chi connectivity index (χ2v) is 7.51. The lowest BCUT2D eigenvalue weighted by Crippen LogP contribution is -2.16. The predicted molar refractivity (Wildman–Crippen MR) is 79.6 cm³/mol. The molecule has 3 N–H and O–H groups in total. The smallest absolute Gasteiger partial charge is 0.271 e. The van der Waals surface area contributed by atoms with Gasteiger partial charge in [-0.15, -0.1) is 11.3 Å². The van der Waals surface area contributed by atoms with Crippen LogP contribution < -0.4 is 10.5 Å². The lowest BCUT2D eigenvalue weighted by Gasteiger charge is -2.11. The number of thiophene rings is 1. The van der Waals surface area contributed by atoms with Gasteiger partial charge in [-0.25, -0.2) is 8.42 Å². The van der Waals surface area contributed by atoms with Crippen LogP contribution in [0.4, 0.5) is 5.69 Å². The molecule has 106 valence electrons. The minimum absolute atomic E-state index is 0.235. The first-order chi connectivity index (χ1) is 9.31. The number of primary amides is 1. The van der Waals surface area contributed by atoms with Gasteiger partial charge in [-0.1, -0.05) is 6.07 Å². The van der Waals surface area contributed by atoms with Crippen molar-refractivity contribution in [1.29, 1.82) is 0 Å². The van der Waals surface area contributed by atoms with Crippen molar-refractivity contribution in [2.45, 2.75) is 18.1 Å². The van der Waals surface area contributed by atoms with Crippen LogP contribution in [0.3, 0.4) is 0 Å². The van der Waals surface area contributed by atoms with Gasteiger partial charge in [-0.2, -0.15) is 0 Å². The Morgan fingerprint density at radius 2 is 1.90 bits per heavy atom. The molecule has 2 aromatic rings. The maximum Gasteiger partial charge on any atom is 0.271 e. The fourth-order valence-electron chi connectivity index (χ4n) is 1.76. The van der Waals surface area contributed by atoms with Crippen molar-refractivity contribution in [3.63, 3.8) is 0 Å². The zero-order chi connectivity index (χ0) is 14.9. The number of nitrogens with one attached hydrogen (secondary N) is 1. The number of benzene rings is 1. The molecule has 1 amide bonds. The summed E-state index contributed by atoms with van der Waals surface area (Å²) in [6.07, 6.45) is 0. The quantitative estimate of drug-likeness (QED) is 0.907. The van der Waals surface area contributed by atoms with Gasteiger partial charge in [0.2, 0.25) is 5.91 Å². The number of sulfonamides is 1. The van der Waals surface area contributed by atoms with Gasteiger partial charge in [0.1, 0.15) is 4.21 Å². The molecular weight excluding hydrogens is 296 g/mol. The molecule has 0 aliphatic rings. The van der Waals surface area contributed by atoms with E-state index in [0.29, 0.717) is 16.8 Å². The first kappa shape index (κ1) is 14.5. The standard InChI is InChI=1S/C13H14N2O3S2/c1-8-6-7-12(19-8)20(17,18)15-11-5-3-4-10(9(11)2)13(14)16/h3-7,15H,1-2H3,(H2,14,16). The highest BCUT2D eigenvalue weighted by Gasteiger charge is 2.18. The van der Waals surface area contributed by atoms with E-state index in [0.717, 1.165) is 4.88 Å². The molecule has 0 bridgehead atoms. The molecule has 0 radical (unpaired) electrons. The van der Waals surface area contributed by atoms with Crippen LogP contribution in [0.2, 0.25) is 0 Å². The molecule has 0 unspecified atom stereocenters. The summed E-state index contributed by atoms with van der Waals surface area (Å²) in [6.45, 7) is 3.49. The van der Waals surface area contributed by atoms with Crippen molar-refractivity contribution < 1.29 is 13.2 Å². The Hall–Kier alpha value is -1.86. The average molecular weight is 310 g/mol. The Morgan fingerprint density at radius 1 is 1.20 bits per heavy atom. The van der Waals surface area contributed by atoms with Gasteiger partial charge < -0.3 is 5.73 Å². The van der Waals surface area contributed by atoms with E-state index in [1.165, 1.54) is 11.3 Å². The van der Waals surface area contributed by atoms with E-state index in [9.17, 15) is 13.2 Å². The molecule has 0 aliphatic heterocycles.